The Bertz CT molecular complexity index is 938. The van der Waals surface area contributed by atoms with E-state index in [1.165, 1.54) is 24.0 Å². The minimum Gasteiger partial charge on any atom is -0.358 e. The molecule has 1 fully saturated rings. The monoisotopic (exact) mass is 438 g/mol. The summed E-state index contributed by atoms with van der Waals surface area (Å²) in [6.07, 6.45) is 3.51. The van der Waals surface area contributed by atoms with Crippen molar-refractivity contribution in [3.8, 4) is 0 Å². The van der Waals surface area contributed by atoms with E-state index in [1.807, 2.05) is 0 Å². The Morgan fingerprint density at radius 3 is 2.48 bits per heavy atom. The van der Waals surface area contributed by atoms with Gasteiger partial charge in [-0.1, -0.05) is 31.2 Å². The summed E-state index contributed by atoms with van der Waals surface area (Å²) in [6.45, 7) is 12.5. The number of thiocarbonyl (C=S) groups is 1. The predicted molar refractivity (Wildman–Crippen MR) is 133 cm³/mol. The molecule has 0 bridgehead atoms. The Hall–Kier alpha value is -2.41. The first-order chi connectivity index (χ1) is 14.8. The highest BCUT2D eigenvalue weighted by molar-refractivity contribution is 7.80. The van der Waals surface area contributed by atoms with E-state index in [0.29, 0.717) is 17.0 Å². The van der Waals surface area contributed by atoms with Crippen LogP contribution in [-0.4, -0.2) is 40.3 Å². The van der Waals surface area contributed by atoms with E-state index in [1.54, 1.807) is 0 Å². The lowest BCUT2D eigenvalue weighted by Gasteiger charge is -2.34. The molecule has 3 heterocycles. The number of anilines is 3. The molecule has 166 valence electrons. The van der Waals surface area contributed by atoms with Gasteiger partial charge in [-0.15, -0.1) is 0 Å². The summed E-state index contributed by atoms with van der Waals surface area (Å²) in [5.41, 5.74) is 2.69. The predicted octanol–water partition coefficient (Wildman–Crippen LogP) is 4.36. The van der Waals surface area contributed by atoms with Gasteiger partial charge in [-0.3, -0.25) is 0 Å². The summed E-state index contributed by atoms with van der Waals surface area (Å²) in [4.78, 5) is 14.5. The Morgan fingerprint density at radius 2 is 1.77 bits per heavy atom. The molecule has 1 aromatic carbocycles. The summed E-state index contributed by atoms with van der Waals surface area (Å²) in [7, 11) is 0. The molecule has 1 aromatic heterocycles. The smallest absolute Gasteiger partial charge is 0.232 e. The molecule has 1 atom stereocenters. The first kappa shape index (κ1) is 21.8. The van der Waals surface area contributed by atoms with Crippen molar-refractivity contribution in [2.45, 2.75) is 59.0 Å². The van der Waals surface area contributed by atoms with Gasteiger partial charge in [0.05, 0.1) is 0 Å². The van der Waals surface area contributed by atoms with Crippen LogP contribution in [0.2, 0.25) is 0 Å². The number of aromatic nitrogens is 2. The third kappa shape index (κ3) is 5.64. The summed E-state index contributed by atoms with van der Waals surface area (Å²) >= 11 is 5.52. The Balaban J connectivity index is 1.62. The maximum atomic E-state index is 5.52. The fraction of sp³-hybridized carbons (Fsp3) is 0.542. The van der Waals surface area contributed by atoms with Crippen molar-refractivity contribution in [2.24, 2.45) is 5.92 Å². The molecule has 0 radical (unpaired) electrons. The van der Waals surface area contributed by atoms with Crippen molar-refractivity contribution in [3.63, 3.8) is 0 Å². The van der Waals surface area contributed by atoms with Gasteiger partial charge in [-0.05, 0) is 69.3 Å². The van der Waals surface area contributed by atoms with Crippen molar-refractivity contribution in [2.75, 3.05) is 34.8 Å². The molecule has 0 amide bonds. The average molecular weight is 439 g/mol. The second-order valence-electron chi connectivity index (χ2n) is 9.87. The van der Waals surface area contributed by atoms with Crippen LogP contribution in [0.3, 0.4) is 0 Å². The van der Waals surface area contributed by atoms with Gasteiger partial charge in [0, 0.05) is 37.8 Å². The first-order valence-electron chi connectivity index (χ1n) is 11.3. The SMILES string of the molecule is C[C@H]1CCCN(c2cc(N3CCc4ccccc4C3)nc(NC(=S)NC(C)(C)C)n2)C1. The van der Waals surface area contributed by atoms with Crippen LogP contribution in [0.4, 0.5) is 17.6 Å². The number of rotatable bonds is 3. The largest absolute Gasteiger partial charge is 0.358 e. The fourth-order valence-electron chi connectivity index (χ4n) is 4.36. The molecule has 2 N–H and O–H groups in total. The van der Waals surface area contributed by atoms with Crippen molar-refractivity contribution < 1.29 is 0 Å². The molecule has 4 rings (SSSR count). The topological polar surface area (TPSA) is 56.3 Å². The van der Waals surface area contributed by atoms with Crippen molar-refractivity contribution >= 4 is 34.9 Å². The minimum atomic E-state index is -0.122. The van der Waals surface area contributed by atoms with Crippen molar-refractivity contribution in [3.05, 3.63) is 41.5 Å². The van der Waals surface area contributed by atoms with Crippen molar-refractivity contribution in [1.82, 2.24) is 15.3 Å². The van der Waals surface area contributed by atoms with E-state index in [-0.39, 0.29) is 5.54 Å². The second-order valence-corrected chi connectivity index (χ2v) is 10.3. The number of nitrogens with one attached hydrogen (secondary N) is 2. The number of benzene rings is 1. The van der Waals surface area contributed by atoms with E-state index in [0.717, 1.165) is 44.2 Å². The number of nitrogens with zero attached hydrogens (tertiary/aromatic N) is 4. The fourth-order valence-corrected chi connectivity index (χ4v) is 4.76. The number of hydrogen-bond donors (Lipinski definition) is 2. The van der Waals surface area contributed by atoms with Gasteiger partial charge in [0.2, 0.25) is 5.95 Å². The van der Waals surface area contributed by atoms with Gasteiger partial charge in [0.25, 0.3) is 0 Å². The van der Waals surface area contributed by atoms with Crippen LogP contribution in [-0.2, 0) is 13.0 Å². The van der Waals surface area contributed by atoms with Crippen LogP contribution in [0.15, 0.2) is 30.3 Å². The van der Waals surface area contributed by atoms with Gasteiger partial charge in [-0.2, -0.15) is 9.97 Å². The maximum absolute atomic E-state index is 5.52. The van der Waals surface area contributed by atoms with Crippen LogP contribution in [0.5, 0.6) is 0 Å². The summed E-state index contributed by atoms with van der Waals surface area (Å²) in [5.74, 6) is 3.18. The lowest BCUT2D eigenvalue weighted by atomic mass is 10.00. The quantitative estimate of drug-likeness (QED) is 0.691. The number of fused-ring (bicyclic) bond motifs is 1. The molecule has 1 saturated heterocycles. The lowest BCUT2D eigenvalue weighted by molar-refractivity contribution is 0.444. The zero-order valence-corrected chi connectivity index (χ0v) is 19.9. The maximum Gasteiger partial charge on any atom is 0.232 e. The molecule has 0 spiro atoms. The third-order valence-corrected chi connectivity index (χ3v) is 6.05. The molecule has 0 saturated carbocycles. The Morgan fingerprint density at radius 1 is 1.06 bits per heavy atom. The molecule has 0 unspecified atom stereocenters. The molecule has 7 heteroatoms. The molecule has 6 nitrogen and oxygen atoms in total. The van der Waals surface area contributed by atoms with Crippen LogP contribution in [0.1, 0.15) is 51.7 Å². The van der Waals surface area contributed by atoms with E-state index in [4.69, 9.17) is 22.2 Å². The zero-order chi connectivity index (χ0) is 22.0. The normalized spacial score (nSPS) is 19.0. The molecule has 2 aromatic rings. The van der Waals surface area contributed by atoms with Crippen LogP contribution < -0.4 is 20.4 Å². The Kier molecular flexibility index (Phi) is 6.32. The molecule has 31 heavy (non-hydrogen) atoms. The summed E-state index contributed by atoms with van der Waals surface area (Å²) in [6, 6.07) is 10.8. The van der Waals surface area contributed by atoms with E-state index >= 15 is 0 Å². The highest BCUT2D eigenvalue weighted by atomic mass is 32.1. The van der Waals surface area contributed by atoms with E-state index in [2.05, 4.69) is 78.5 Å². The highest BCUT2D eigenvalue weighted by Gasteiger charge is 2.23. The first-order valence-corrected chi connectivity index (χ1v) is 11.7. The highest BCUT2D eigenvalue weighted by Crippen LogP contribution is 2.29. The van der Waals surface area contributed by atoms with Crippen LogP contribution >= 0.6 is 12.2 Å². The van der Waals surface area contributed by atoms with Gasteiger partial charge < -0.3 is 20.4 Å². The van der Waals surface area contributed by atoms with Gasteiger partial charge in [0.1, 0.15) is 11.6 Å². The Labute approximate surface area is 191 Å². The van der Waals surface area contributed by atoms with Gasteiger partial charge in [-0.25, -0.2) is 0 Å². The zero-order valence-electron chi connectivity index (χ0n) is 19.1. The summed E-state index contributed by atoms with van der Waals surface area (Å²) in [5, 5.41) is 7.08. The van der Waals surface area contributed by atoms with E-state index in [9.17, 15) is 0 Å². The second kappa shape index (κ2) is 8.99. The van der Waals surface area contributed by atoms with Gasteiger partial charge >= 0.3 is 0 Å². The third-order valence-electron chi connectivity index (χ3n) is 5.85. The van der Waals surface area contributed by atoms with E-state index < -0.39 is 0 Å². The molecule has 2 aliphatic heterocycles. The molecular formula is C24H34N6S. The lowest BCUT2D eigenvalue weighted by Crippen LogP contribution is -2.43. The van der Waals surface area contributed by atoms with Crippen LogP contribution in [0.25, 0.3) is 0 Å². The summed E-state index contributed by atoms with van der Waals surface area (Å²) < 4.78 is 0. The molecule has 2 aliphatic rings. The molecular weight excluding hydrogens is 404 g/mol. The standard InChI is InChI=1S/C24H34N6S/c1-17-8-7-12-29(15-17)20-14-21(26-22(25-20)27-23(31)28-24(2,3)4)30-13-11-18-9-5-6-10-19(18)16-30/h5-6,9-10,14,17H,7-8,11-13,15-16H2,1-4H3,(H2,25,26,27,28,31)/t17-/m0/s1. The molecule has 0 aliphatic carbocycles. The van der Waals surface area contributed by atoms with Crippen molar-refractivity contribution in [1.29, 1.82) is 0 Å². The number of piperidine rings is 1. The average Bonchev–Trinajstić information content (AvgIpc) is 2.71. The number of hydrogen-bond acceptors (Lipinski definition) is 5. The van der Waals surface area contributed by atoms with Crippen LogP contribution in [0, 0.1) is 5.92 Å². The minimum absolute atomic E-state index is 0.122. The van der Waals surface area contributed by atoms with Gasteiger partial charge in [0.15, 0.2) is 5.11 Å².